The smallest absolute Gasteiger partial charge is 0.115 e. The fourth-order valence-corrected chi connectivity index (χ4v) is 2.05. The molecule has 0 aliphatic heterocycles. The van der Waals surface area contributed by atoms with Gasteiger partial charge in [0.2, 0.25) is 0 Å². The monoisotopic (exact) mass is 243 g/mol. The Morgan fingerprint density at radius 1 is 0.944 bits per heavy atom. The molecule has 0 radical (unpaired) electrons. The van der Waals surface area contributed by atoms with E-state index in [9.17, 15) is 10.2 Å². The molecule has 0 amide bonds. The summed E-state index contributed by atoms with van der Waals surface area (Å²) in [5.74, 6) is 0.716. The van der Waals surface area contributed by atoms with Crippen LogP contribution in [0.2, 0.25) is 0 Å². The van der Waals surface area contributed by atoms with Crippen LogP contribution < -0.4 is 5.73 Å². The molecule has 0 saturated heterocycles. The second-order valence-corrected chi connectivity index (χ2v) is 4.40. The second-order valence-electron chi connectivity index (χ2n) is 4.40. The molecule has 0 bridgehead atoms. The number of rotatable bonds is 4. The third kappa shape index (κ3) is 3.02. The fourth-order valence-electron chi connectivity index (χ4n) is 2.05. The van der Waals surface area contributed by atoms with E-state index in [0.29, 0.717) is 6.54 Å². The zero-order chi connectivity index (χ0) is 13.0. The number of nitrogens with two attached hydrogens (primary N) is 1. The Balaban J connectivity index is 2.17. The van der Waals surface area contributed by atoms with Gasteiger partial charge >= 0.3 is 0 Å². The van der Waals surface area contributed by atoms with E-state index in [2.05, 4.69) is 0 Å². The Bertz CT molecular complexity index is 508. The largest absolute Gasteiger partial charge is 0.508 e. The third-order valence-corrected chi connectivity index (χ3v) is 3.04. The quantitative estimate of drug-likeness (QED) is 0.772. The molecule has 0 aromatic heterocycles. The highest BCUT2D eigenvalue weighted by atomic mass is 16.3. The van der Waals surface area contributed by atoms with E-state index >= 15 is 0 Å². The minimum absolute atomic E-state index is 0.187. The van der Waals surface area contributed by atoms with E-state index in [1.807, 2.05) is 24.3 Å². The van der Waals surface area contributed by atoms with Crippen molar-refractivity contribution < 1.29 is 10.2 Å². The number of hydrogen-bond donors (Lipinski definition) is 3. The lowest BCUT2D eigenvalue weighted by molar-refractivity contribution is 0.474. The number of hydrogen-bond acceptors (Lipinski definition) is 3. The van der Waals surface area contributed by atoms with Gasteiger partial charge < -0.3 is 15.9 Å². The Kier molecular flexibility index (Phi) is 3.85. The number of phenols is 2. The maximum atomic E-state index is 9.44. The molecule has 1 unspecified atom stereocenters. The van der Waals surface area contributed by atoms with E-state index in [1.165, 1.54) is 0 Å². The van der Waals surface area contributed by atoms with Crippen molar-refractivity contribution in [3.63, 3.8) is 0 Å². The highest BCUT2D eigenvalue weighted by molar-refractivity contribution is 5.32. The predicted octanol–water partition coefficient (Wildman–Crippen LogP) is 2.38. The molecule has 3 nitrogen and oxygen atoms in total. The fraction of sp³-hybridized carbons (Fsp3) is 0.200. The van der Waals surface area contributed by atoms with Crippen LogP contribution in [-0.2, 0) is 6.42 Å². The first-order chi connectivity index (χ1) is 8.69. The van der Waals surface area contributed by atoms with Crippen molar-refractivity contribution in [2.75, 3.05) is 6.54 Å². The van der Waals surface area contributed by atoms with E-state index in [-0.39, 0.29) is 17.4 Å². The van der Waals surface area contributed by atoms with Gasteiger partial charge in [-0.2, -0.15) is 0 Å². The lowest BCUT2D eigenvalue weighted by atomic mass is 9.92. The van der Waals surface area contributed by atoms with Crippen molar-refractivity contribution in [3.8, 4) is 11.5 Å². The van der Waals surface area contributed by atoms with Crippen molar-refractivity contribution in [1.29, 1.82) is 0 Å². The van der Waals surface area contributed by atoms with Gasteiger partial charge in [0.1, 0.15) is 11.5 Å². The molecule has 0 aliphatic carbocycles. The normalized spacial score (nSPS) is 12.3. The van der Waals surface area contributed by atoms with Crippen LogP contribution in [-0.4, -0.2) is 16.8 Å². The Morgan fingerprint density at radius 3 is 2.28 bits per heavy atom. The summed E-state index contributed by atoms with van der Waals surface area (Å²) in [5.41, 5.74) is 7.95. The van der Waals surface area contributed by atoms with Gasteiger partial charge in [0, 0.05) is 5.92 Å². The summed E-state index contributed by atoms with van der Waals surface area (Å²) in [5, 5.41) is 18.7. The van der Waals surface area contributed by atoms with Gasteiger partial charge in [0.05, 0.1) is 0 Å². The minimum atomic E-state index is 0.187. The zero-order valence-electron chi connectivity index (χ0n) is 10.1. The van der Waals surface area contributed by atoms with Gasteiger partial charge in [-0.25, -0.2) is 0 Å². The molecule has 4 N–H and O–H groups in total. The molecule has 3 heteroatoms. The summed E-state index contributed by atoms with van der Waals surface area (Å²) in [6, 6.07) is 14.3. The molecule has 1 atom stereocenters. The first-order valence-electron chi connectivity index (χ1n) is 5.96. The van der Waals surface area contributed by atoms with Crippen LogP contribution in [0.25, 0.3) is 0 Å². The number of benzene rings is 2. The maximum absolute atomic E-state index is 9.44. The summed E-state index contributed by atoms with van der Waals surface area (Å²) in [4.78, 5) is 0. The van der Waals surface area contributed by atoms with Crippen LogP contribution in [0.15, 0.2) is 48.5 Å². The van der Waals surface area contributed by atoms with Crippen LogP contribution in [0.4, 0.5) is 0 Å². The molecule has 0 aliphatic rings. The van der Waals surface area contributed by atoms with Crippen LogP contribution in [0.1, 0.15) is 17.0 Å². The minimum Gasteiger partial charge on any atom is -0.508 e. The maximum Gasteiger partial charge on any atom is 0.115 e. The van der Waals surface area contributed by atoms with Gasteiger partial charge in [0.25, 0.3) is 0 Å². The molecule has 0 fully saturated rings. The standard InChI is InChI=1S/C15H17NO2/c16-10-13(12-4-6-14(17)7-5-12)8-11-2-1-3-15(18)9-11/h1-7,9,13,17-18H,8,10,16H2. The van der Waals surface area contributed by atoms with Gasteiger partial charge in [0.15, 0.2) is 0 Å². The lowest BCUT2D eigenvalue weighted by Gasteiger charge is -2.15. The molecular weight excluding hydrogens is 226 g/mol. The lowest BCUT2D eigenvalue weighted by Crippen LogP contribution is -2.14. The molecule has 0 saturated carbocycles. The van der Waals surface area contributed by atoms with Crippen LogP contribution in [0.3, 0.4) is 0 Å². The van der Waals surface area contributed by atoms with Gasteiger partial charge in [-0.3, -0.25) is 0 Å². The summed E-state index contributed by atoms with van der Waals surface area (Å²) >= 11 is 0. The molecule has 2 rings (SSSR count). The van der Waals surface area contributed by atoms with Crippen molar-refractivity contribution in [3.05, 3.63) is 59.7 Å². The average molecular weight is 243 g/mol. The van der Waals surface area contributed by atoms with Crippen molar-refractivity contribution in [1.82, 2.24) is 0 Å². The van der Waals surface area contributed by atoms with E-state index in [4.69, 9.17) is 5.73 Å². The van der Waals surface area contributed by atoms with Gasteiger partial charge in [-0.05, 0) is 48.4 Å². The molecule has 2 aromatic carbocycles. The van der Waals surface area contributed by atoms with E-state index < -0.39 is 0 Å². The SMILES string of the molecule is NCC(Cc1cccc(O)c1)c1ccc(O)cc1. The molecule has 0 spiro atoms. The highest BCUT2D eigenvalue weighted by Gasteiger charge is 2.11. The molecule has 0 heterocycles. The Morgan fingerprint density at radius 2 is 1.67 bits per heavy atom. The average Bonchev–Trinajstić information content (AvgIpc) is 2.37. The van der Waals surface area contributed by atoms with Crippen molar-refractivity contribution in [2.45, 2.75) is 12.3 Å². The third-order valence-electron chi connectivity index (χ3n) is 3.04. The van der Waals surface area contributed by atoms with Gasteiger partial charge in [-0.15, -0.1) is 0 Å². The number of phenolic OH excluding ortho intramolecular Hbond substituents is 2. The van der Waals surface area contributed by atoms with Crippen LogP contribution in [0, 0.1) is 0 Å². The van der Waals surface area contributed by atoms with Gasteiger partial charge in [-0.1, -0.05) is 24.3 Å². The highest BCUT2D eigenvalue weighted by Crippen LogP contribution is 2.23. The first-order valence-corrected chi connectivity index (χ1v) is 5.96. The molecule has 2 aromatic rings. The van der Waals surface area contributed by atoms with Crippen LogP contribution >= 0.6 is 0 Å². The zero-order valence-corrected chi connectivity index (χ0v) is 10.1. The molecule has 18 heavy (non-hydrogen) atoms. The first kappa shape index (κ1) is 12.5. The second kappa shape index (κ2) is 5.56. The molecular formula is C15H17NO2. The van der Waals surface area contributed by atoms with Crippen molar-refractivity contribution >= 4 is 0 Å². The van der Waals surface area contributed by atoms with E-state index in [1.54, 1.807) is 24.3 Å². The number of aromatic hydroxyl groups is 2. The van der Waals surface area contributed by atoms with Crippen molar-refractivity contribution in [2.24, 2.45) is 5.73 Å². The Hall–Kier alpha value is -2.00. The summed E-state index contributed by atoms with van der Waals surface area (Å²) in [6.45, 7) is 0.528. The topological polar surface area (TPSA) is 66.5 Å². The summed E-state index contributed by atoms with van der Waals surface area (Å²) in [7, 11) is 0. The predicted molar refractivity (Wildman–Crippen MR) is 71.7 cm³/mol. The summed E-state index contributed by atoms with van der Waals surface area (Å²) < 4.78 is 0. The Labute approximate surface area is 107 Å². The molecule has 94 valence electrons. The van der Waals surface area contributed by atoms with Crippen LogP contribution in [0.5, 0.6) is 11.5 Å². The summed E-state index contributed by atoms with van der Waals surface area (Å²) in [6.07, 6.45) is 0.773. The van der Waals surface area contributed by atoms with E-state index in [0.717, 1.165) is 17.5 Å².